The van der Waals surface area contributed by atoms with Crippen molar-refractivity contribution in [2.45, 2.75) is 19.4 Å². The summed E-state index contributed by atoms with van der Waals surface area (Å²) in [7, 11) is 0. The van der Waals surface area contributed by atoms with Gasteiger partial charge in [-0.15, -0.1) is 0 Å². The Hall–Kier alpha value is -1.85. The molecule has 1 unspecified atom stereocenters. The Labute approximate surface area is 92.6 Å². The molecule has 1 aliphatic rings. The summed E-state index contributed by atoms with van der Waals surface area (Å²) >= 11 is 0. The highest BCUT2D eigenvalue weighted by atomic mass is 16.6. The monoisotopic (exact) mass is 227 g/mol. The summed E-state index contributed by atoms with van der Waals surface area (Å²) in [5.41, 5.74) is 0.299. The molecule has 0 aromatic carbocycles. The molecule has 1 N–H and O–H groups in total. The molecule has 0 bridgehead atoms. The summed E-state index contributed by atoms with van der Waals surface area (Å²) in [6, 6.07) is 0. The second-order valence-corrected chi connectivity index (χ2v) is 3.40. The van der Waals surface area contributed by atoms with Gasteiger partial charge < -0.3 is 14.8 Å². The summed E-state index contributed by atoms with van der Waals surface area (Å²) in [5, 5.41) is 2.31. The van der Waals surface area contributed by atoms with Crippen molar-refractivity contribution in [3.63, 3.8) is 0 Å². The molecule has 88 valence electrons. The Morgan fingerprint density at radius 2 is 2.31 bits per heavy atom. The number of cyclic esters (lactones) is 1. The number of esters is 2. The lowest BCUT2D eigenvalue weighted by Gasteiger charge is -2.08. The topological polar surface area (TPSA) is 81.7 Å². The van der Waals surface area contributed by atoms with E-state index in [1.165, 1.54) is 6.92 Å². The first kappa shape index (κ1) is 12.2. The fourth-order valence-corrected chi connectivity index (χ4v) is 1.09. The van der Waals surface area contributed by atoms with Crippen molar-refractivity contribution in [3.8, 4) is 0 Å². The van der Waals surface area contributed by atoms with Gasteiger partial charge >= 0.3 is 11.9 Å². The molecule has 1 atom stereocenters. The number of nitrogens with one attached hydrogen (secondary N) is 1. The van der Waals surface area contributed by atoms with E-state index >= 15 is 0 Å². The highest BCUT2D eigenvalue weighted by molar-refractivity contribution is 5.94. The lowest BCUT2D eigenvalue weighted by Crippen LogP contribution is -2.33. The van der Waals surface area contributed by atoms with Gasteiger partial charge in [0.15, 0.2) is 0 Å². The maximum Gasteiger partial charge on any atom is 0.347 e. The molecule has 16 heavy (non-hydrogen) atoms. The third-order valence-electron chi connectivity index (χ3n) is 1.94. The first-order valence-electron chi connectivity index (χ1n) is 4.80. The predicted molar refractivity (Wildman–Crippen MR) is 53.3 cm³/mol. The van der Waals surface area contributed by atoms with E-state index in [0.29, 0.717) is 12.0 Å². The zero-order valence-corrected chi connectivity index (χ0v) is 8.95. The normalized spacial score (nSPS) is 18.8. The molecule has 1 fully saturated rings. The highest BCUT2D eigenvalue weighted by Crippen LogP contribution is 2.09. The smallest absolute Gasteiger partial charge is 0.347 e. The minimum Gasteiger partial charge on any atom is -0.463 e. The van der Waals surface area contributed by atoms with E-state index in [1.807, 2.05) is 0 Å². The van der Waals surface area contributed by atoms with E-state index in [4.69, 9.17) is 4.74 Å². The summed E-state index contributed by atoms with van der Waals surface area (Å²) in [6.07, 6.45) is -0.479. The molecule has 0 saturated carbocycles. The van der Waals surface area contributed by atoms with Crippen LogP contribution in [0.3, 0.4) is 0 Å². The first-order chi connectivity index (χ1) is 7.50. The van der Waals surface area contributed by atoms with Crippen molar-refractivity contribution in [2.24, 2.45) is 0 Å². The van der Waals surface area contributed by atoms with Crippen molar-refractivity contribution in [1.82, 2.24) is 5.32 Å². The average Bonchev–Trinajstić information content (AvgIpc) is 2.60. The Morgan fingerprint density at radius 1 is 1.62 bits per heavy atom. The zero-order chi connectivity index (χ0) is 12.1. The average molecular weight is 227 g/mol. The zero-order valence-electron chi connectivity index (χ0n) is 8.95. The number of carbonyl (C=O) groups is 3. The first-order valence-corrected chi connectivity index (χ1v) is 4.80. The molecule has 6 heteroatoms. The molecule has 0 aromatic heterocycles. The molecular formula is C10H13NO5. The SMILES string of the molecule is C=C(C)C(=O)NCC(=O)OC1CCOC1=O. The third kappa shape index (κ3) is 3.38. The van der Waals surface area contributed by atoms with Crippen molar-refractivity contribution in [1.29, 1.82) is 0 Å². The maximum atomic E-state index is 11.2. The van der Waals surface area contributed by atoms with E-state index in [2.05, 4.69) is 16.6 Å². The van der Waals surface area contributed by atoms with Gasteiger partial charge in [-0.3, -0.25) is 9.59 Å². The Morgan fingerprint density at radius 3 is 2.81 bits per heavy atom. The van der Waals surface area contributed by atoms with E-state index in [1.54, 1.807) is 0 Å². The minimum atomic E-state index is -0.839. The van der Waals surface area contributed by atoms with Crippen molar-refractivity contribution >= 4 is 17.8 Å². The minimum absolute atomic E-state index is 0.259. The number of ether oxygens (including phenoxy) is 2. The molecule has 1 saturated heterocycles. The van der Waals surface area contributed by atoms with Crippen LogP contribution in [-0.2, 0) is 23.9 Å². The number of hydrogen-bond donors (Lipinski definition) is 1. The van der Waals surface area contributed by atoms with E-state index < -0.39 is 23.9 Å². The largest absolute Gasteiger partial charge is 0.463 e. The lowest BCUT2D eigenvalue weighted by atomic mass is 10.3. The van der Waals surface area contributed by atoms with Gasteiger partial charge in [-0.2, -0.15) is 0 Å². The van der Waals surface area contributed by atoms with Gasteiger partial charge in [-0.25, -0.2) is 4.79 Å². The van der Waals surface area contributed by atoms with Gasteiger partial charge in [0.2, 0.25) is 12.0 Å². The van der Waals surface area contributed by atoms with E-state index in [0.717, 1.165) is 0 Å². The van der Waals surface area contributed by atoms with Crippen LogP contribution in [0.4, 0.5) is 0 Å². The highest BCUT2D eigenvalue weighted by Gasteiger charge is 2.30. The van der Waals surface area contributed by atoms with Gasteiger partial charge in [0.25, 0.3) is 0 Å². The number of amides is 1. The fourth-order valence-electron chi connectivity index (χ4n) is 1.09. The number of carbonyl (C=O) groups excluding carboxylic acids is 3. The van der Waals surface area contributed by atoms with Gasteiger partial charge in [0, 0.05) is 12.0 Å². The molecule has 0 spiro atoms. The Balaban J connectivity index is 2.28. The lowest BCUT2D eigenvalue weighted by molar-refractivity contribution is -0.159. The molecule has 6 nitrogen and oxygen atoms in total. The summed E-state index contributed by atoms with van der Waals surface area (Å²) in [6.45, 7) is 4.91. The van der Waals surface area contributed by atoms with Gasteiger partial charge in [0.05, 0.1) is 6.61 Å². The summed E-state index contributed by atoms with van der Waals surface area (Å²) in [5.74, 6) is -1.64. The molecule has 1 aliphatic heterocycles. The van der Waals surface area contributed by atoms with Crippen molar-refractivity contribution in [3.05, 3.63) is 12.2 Å². The molecule has 0 radical (unpaired) electrons. The van der Waals surface area contributed by atoms with Gasteiger partial charge in [0.1, 0.15) is 6.54 Å². The molecule has 0 aliphatic carbocycles. The molecule has 1 rings (SSSR count). The van der Waals surface area contributed by atoms with E-state index in [9.17, 15) is 14.4 Å². The fraction of sp³-hybridized carbons (Fsp3) is 0.500. The van der Waals surface area contributed by atoms with Gasteiger partial charge in [-0.05, 0) is 6.92 Å². The van der Waals surface area contributed by atoms with Crippen molar-refractivity contribution in [2.75, 3.05) is 13.2 Å². The Bertz CT molecular complexity index is 336. The van der Waals surface area contributed by atoms with Crippen LogP contribution >= 0.6 is 0 Å². The van der Waals surface area contributed by atoms with Crippen LogP contribution < -0.4 is 5.32 Å². The van der Waals surface area contributed by atoms with Crippen LogP contribution in [0.25, 0.3) is 0 Å². The second kappa shape index (κ2) is 5.29. The molecular weight excluding hydrogens is 214 g/mol. The molecule has 1 heterocycles. The summed E-state index contributed by atoms with van der Waals surface area (Å²) < 4.78 is 9.41. The van der Waals surface area contributed by atoms with Crippen LogP contribution in [0.15, 0.2) is 12.2 Å². The second-order valence-electron chi connectivity index (χ2n) is 3.40. The Kier molecular flexibility index (Phi) is 4.04. The maximum absolute atomic E-state index is 11.2. The number of hydrogen-bond acceptors (Lipinski definition) is 5. The summed E-state index contributed by atoms with van der Waals surface area (Å²) in [4.78, 5) is 33.2. The van der Waals surface area contributed by atoms with Crippen molar-refractivity contribution < 1.29 is 23.9 Å². The predicted octanol–water partition coefficient (Wildman–Crippen LogP) is -0.463. The standard InChI is InChI=1S/C10H13NO5/c1-6(2)9(13)11-5-8(12)16-7-3-4-15-10(7)14/h7H,1,3-5H2,2H3,(H,11,13). The molecule has 0 aromatic rings. The quantitative estimate of drug-likeness (QED) is 0.519. The van der Waals surface area contributed by atoms with Crippen LogP contribution in [-0.4, -0.2) is 37.1 Å². The van der Waals surface area contributed by atoms with Gasteiger partial charge in [-0.1, -0.05) is 6.58 Å². The molecule has 1 amide bonds. The van der Waals surface area contributed by atoms with E-state index in [-0.39, 0.29) is 13.2 Å². The van der Waals surface area contributed by atoms with Crippen LogP contribution in [0, 0.1) is 0 Å². The van der Waals surface area contributed by atoms with Crippen LogP contribution in [0.5, 0.6) is 0 Å². The van der Waals surface area contributed by atoms with Crippen LogP contribution in [0.2, 0.25) is 0 Å². The third-order valence-corrected chi connectivity index (χ3v) is 1.94. The number of rotatable bonds is 4. The van der Waals surface area contributed by atoms with Crippen LogP contribution in [0.1, 0.15) is 13.3 Å².